The van der Waals surface area contributed by atoms with E-state index in [2.05, 4.69) is 24.4 Å². The Labute approximate surface area is 119 Å². The summed E-state index contributed by atoms with van der Waals surface area (Å²) in [7, 11) is 1.95. The maximum absolute atomic E-state index is 5.84. The van der Waals surface area contributed by atoms with Crippen molar-refractivity contribution in [3.05, 3.63) is 64.7 Å². The van der Waals surface area contributed by atoms with Gasteiger partial charge in [0.1, 0.15) is 12.4 Å². The van der Waals surface area contributed by atoms with Crippen molar-refractivity contribution in [1.82, 2.24) is 5.32 Å². The Hall–Kier alpha value is -1.51. The number of benzene rings is 2. The molecule has 0 heterocycles. The molecule has 2 nitrogen and oxygen atoms in total. The summed E-state index contributed by atoms with van der Waals surface area (Å²) in [6.07, 6.45) is 0. The molecule has 0 spiro atoms. The zero-order valence-electron chi connectivity index (χ0n) is 11.2. The van der Waals surface area contributed by atoms with Gasteiger partial charge in [0.05, 0.1) is 0 Å². The van der Waals surface area contributed by atoms with Crippen LogP contribution in [0.5, 0.6) is 5.75 Å². The third-order valence-corrected chi connectivity index (χ3v) is 3.38. The van der Waals surface area contributed by atoms with Crippen molar-refractivity contribution < 1.29 is 4.74 Å². The summed E-state index contributed by atoms with van der Waals surface area (Å²) in [6.45, 7) is 2.68. The summed E-state index contributed by atoms with van der Waals surface area (Å²) < 4.78 is 5.74. The molecule has 3 heteroatoms. The largest absolute Gasteiger partial charge is 0.489 e. The second-order valence-corrected chi connectivity index (χ2v) is 4.93. The van der Waals surface area contributed by atoms with Crippen LogP contribution in [-0.2, 0) is 6.61 Å². The highest BCUT2D eigenvalue weighted by Gasteiger charge is 2.02. The van der Waals surface area contributed by atoms with E-state index < -0.39 is 0 Å². The average Bonchev–Trinajstić information content (AvgIpc) is 2.46. The summed E-state index contributed by atoms with van der Waals surface area (Å²) in [4.78, 5) is 0. The highest BCUT2D eigenvalue weighted by Crippen LogP contribution is 2.18. The van der Waals surface area contributed by atoms with Crippen molar-refractivity contribution in [3.63, 3.8) is 0 Å². The molecular formula is C16H18ClNO. The Kier molecular flexibility index (Phi) is 4.83. The lowest BCUT2D eigenvalue weighted by atomic mass is 10.1. The Morgan fingerprint density at radius 3 is 2.26 bits per heavy atom. The number of hydrogen-bond acceptors (Lipinski definition) is 2. The maximum atomic E-state index is 5.84. The molecule has 1 unspecified atom stereocenters. The van der Waals surface area contributed by atoms with Crippen LogP contribution in [0, 0.1) is 0 Å². The molecule has 0 aliphatic rings. The molecule has 0 aliphatic carbocycles. The maximum Gasteiger partial charge on any atom is 0.119 e. The monoisotopic (exact) mass is 275 g/mol. The Morgan fingerprint density at radius 2 is 1.68 bits per heavy atom. The van der Waals surface area contributed by atoms with E-state index in [0.29, 0.717) is 12.6 Å². The first-order valence-electron chi connectivity index (χ1n) is 6.33. The van der Waals surface area contributed by atoms with Gasteiger partial charge in [-0.05, 0) is 49.4 Å². The number of hydrogen-bond donors (Lipinski definition) is 1. The Bertz CT molecular complexity index is 507. The minimum Gasteiger partial charge on any atom is -0.489 e. The zero-order chi connectivity index (χ0) is 13.7. The van der Waals surface area contributed by atoms with Crippen LogP contribution >= 0.6 is 11.6 Å². The molecule has 1 atom stereocenters. The van der Waals surface area contributed by atoms with E-state index in [9.17, 15) is 0 Å². The van der Waals surface area contributed by atoms with Gasteiger partial charge in [0.25, 0.3) is 0 Å². The van der Waals surface area contributed by atoms with Crippen molar-refractivity contribution in [2.45, 2.75) is 19.6 Å². The van der Waals surface area contributed by atoms with Crippen molar-refractivity contribution in [3.8, 4) is 5.75 Å². The second kappa shape index (κ2) is 6.60. The first-order chi connectivity index (χ1) is 9.19. The van der Waals surface area contributed by atoms with Gasteiger partial charge in [0.15, 0.2) is 0 Å². The molecule has 1 N–H and O–H groups in total. The van der Waals surface area contributed by atoms with E-state index >= 15 is 0 Å². The summed E-state index contributed by atoms with van der Waals surface area (Å²) in [5.41, 5.74) is 2.36. The number of ether oxygens (including phenoxy) is 1. The average molecular weight is 276 g/mol. The van der Waals surface area contributed by atoms with Crippen LogP contribution in [0.4, 0.5) is 0 Å². The van der Waals surface area contributed by atoms with E-state index in [1.54, 1.807) is 0 Å². The third kappa shape index (κ3) is 3.98. The highest BCUT2D eigenvalue weighted by molar-refractivity contribution is 6.30. The predicted octanol–water partition coefficient (Wildman–Crippen LogP) is 4.20. The fraction of sp³-hybridized carbons (Fsp3) is 0.250. The highest BCUT2D eigenvalue weighted by atomic mass is 35.5. The molecule has 0 saturated carbocycles. The quantitative estimate of drug-likeness (QED) is 0.883. The summed E-state index contributed by atoms with van der Waals surface area (Å²) in [5.74, 6) is 0.877. The van der Waals surface area contributed by atoms with Gasteiger partial charge in [0, 0.05) is 11.1 Å². The van der Waals surface area contributed by atoms with Crippen LogP contribution in [0.1, 0.15) is 24.1 Å². The van der Waals surface area contributed by atoms with Gasteiger partial charge in [0.2, 0.25) is 0 Å². The Morgan fingerprint density at radius 1 is 1.05 bits per heavy atom. The molecule has 19 heavy (non-hydrogen) atoms. The van der Waals surface area contributed by atoms with E-state index in [-0.39, 0.29) is 0 Å². The number of nitrogens with one attached hydrogen (secondary N) is 1. The lowest BCUT2D eigenvalue weighted by molar-refractivity contribution is 0.306. The minimum atomic E-state index is 0.352. The summed E-state index contributed by atoms with van der Waals surface area (Å²) in [5, 5.41) is 3.96. The minimum absolute atomic E-state index is 0.352. The molecule has 2 aromatic carbocycles. The SMILES string of the molecule is CNC(C)c1ccc(OCc2ccc(Cl)cc2)cc1. The van der Waals surface area contributed by atoms with Crippen LogP contribution in [0.2, 0.25) is 5.02 Å². The van der Waals surface area contributed by atoms with Gasteiger partial charge in [-0.1, -0.05) is 35.9 Å². The molecule has 0 aromatic heterocycles. The Balaban J connectivity index is 1.94. The van der Waals surface area contributed by atoms with E-state index in [1.807, 2.05) is 43.4 Å². The second-order valence-electron chi connectivity index (χ2n) is 4.49. The lowest BCUT2D eigenvalue weighted by Gasteiger charge is -2.12. The van der Waals surface area contributed by atoms with E-state index in [1.165, 1.54) is 5.56 Å². The molecule has 0 bridgehead atoms. The number of halogens is 1. The molecule has 0 saturated heterocycles. The predicted molar refractivity (Wildman–Crippen MR) is 79.7 cm³/mol. The standard InChI is InChI=1S/C16H18ClNO/c1-12(18-2)14-5-9-16(10-6-14)19-11-13-3-7-15(17)8-4-13/h3-10,12,18H,11H2,1-2H3. The molecular weight excluding hydrogens is 258 g/mol. The first-order valence-corrected chi connectivity index (χ1v) is 6.71. The zero-order valence-corrected chi connectivity index (χ0v) is 11.9. The topological polar surface area (TPSA) is 21.3 Å². The summed E-state index contributed by atoms with van der Waals surface area (Å²) in [6, 6.07) is 16.2. The molecule has 0 radical (unpaired) electrons. The normalized spacial score (nSPS) is 12.2. The van der Waals surface area contributed by atoms with Gasteiger partial charge >= 0.3 is 0 Å². The van der Waals surface area contributed by atoms with E-state index in [0.717, 1.165) is 16.3 Å². The molecule has 2 rings (SSSR count). The van der Waals surface area contributed by atoms with E-state index in [4.69, 9.17) is 16.3 Å². The van der Waals surface area contributed by atoms with Gasteiger partial charge in [-0.15, -0.1) is 0 Å². The van der Waals surface area contributed by atoms with Gasteiger partial charge in [-0.25, -0.2) is 0 Å². The number of rotatable bonds is 5. The fourth-order valence-electron chi connectivity index (χ4n) is 1.77. The van der Waals surface area contributed by atoms with Gasteiger partial charge in [-0.3, -0.25) is 0 Å². The van der Waals surface area contributed by atoms with Crippen LogP contribution in [0.25, 0.3) is 0 Å². The lowest BCUT2D eigenvalue weighted by Crippen LogP contribution is -2.11. The van der Waals surface area contributed by atoms with Crippen LogP contribution < -0.4 is 10.1 Å². The molecule has 0 amide bonds. The van der Waals surface area contributed by atoms with Crippen molar-refractivity contribution in [2.75, 3.05) is 7.05 Å². The third-order valence-electron chi connectivity index (χ3n) is 3.13. The van der Waals surface area contributed by atoms with Gasteiger partial charge < -0.3 is 10.1 Å². The molecule has 100 valence electrons. The van der Waals surface area contributed by atoms with Crippen LogP contribution in [0.15, 0.2) is 48.5 Å². The van der Waals surface area contributed by atoms with Crippen molar-refractivity contribution >= 4 is 11.6 Å². The van der Waals surface area contributed by atoms with Crippen LogP contribution in [-0.4, -0.2) is 7.05 Å². The van der Waals surface area contributed by atoms with Crippen LogP contribution in [0.3, 0.4) is 0 Å². The molecule has 0 fully saturated rings. The van der Waals surface area contributed by atoms with Gasteiger partial charge in [-0.2, -0.15) is 0 Å². The first kappa shape index (κ1) is 13.9. The van der Waals surface area contributed by atoms with Crippen molar-refractivity contribution in [1.29, 1.82) is 0 Å². The molecule has 0 aliphatic heterocycles. The fourth-order valence-corrected chi connectivity index (χ4v) is 1.89. The summed E-state index contributed by atoms with van der Waals surface area (Å²) >= 11 is 5.84. The molecule has 2 aromatic rings. The van der Waals surface area contributed by atoms with Crippen molar-refractivity contribution in [2.24, 2.45) is 0 Å². The smallest absolute Gasteiger partial charge is 0.119 e.